The van der Waals surface area contributed by atoms with E-state index < -0.39 is 17.9 Å². The number of hydroxylamine groups is 1. The van der Waals surface area contributed by atoms with Gasteiger partial charge in [0.05, 0.1) is 12.2 Å². The van der Waals surface area contributed by atoms with Crippen molar-refractivity contribution in [1.82, 2.24) is 15.8 Å². The highest BCUT2D eigenvalue weighted by molar-refractivity contribution is 5.98. The molecule has 3 aromatic rings. The third kappa shape index (κ3) is 6.60. The number of nitrogens with two attached hydrogens (primary N) is 1. The van der Waals surface area contributed by atoms with E-state index in [0.29, 0.717) is 11.3 Å². The van der Waals surface area contributed by atoms with Crippen LogP contribution in [-0.4, -0.2) is 47.0 Å². The molecule has 33 heavy (non-hydrogen) atoms. The van der Waals surface area contributed by atoms with Gasteiger partial charge in [0.1, 0.15) is 6.04 Å². The maximum absolute atomic E-state index is 12.3. The fraction of sp³-hybridized carbons (Fsp3) is 0.130. The van der Waals surface area contributed by atoms with E-state index in [4.69, 9.17) is 10.9 Å². The van der Waals surface area contributed by atoms with Crippen LogP contribution in [0.5, 0.6) is 0 Å². The Kier molecular flexibility index (Phi) is 8.06. The minimum atomic E-state index is -1.04. The molecule has 170 valence electrons. The van der Waals surface area contributed by atoms with Crippen LogP contribution in [0.2, 0.25) is 0 Å². The Morgan fingerprint density at radius 3 is 2.18 bits per heavy atom. The second-order valence-electron chi connectivity index (χ2n) is 7.04. The molecule has 0 aliphatic carbocycles. The number of amides is 3. The van der Waals surface area contributed by atoms with Crippen molar-refractivity contribution in [2.45, 2.75) is 6.04 Å². The van der Waals surface area contributed by atoms with Crippen LogP contribution in [0.4, 0.5) is 11.4 Å². The highest BCUT2D eigenvalue weighted by Gasteiger charge is 2.19. The first-order chi connectivity index (χ1) is 16.0. The number of anilines is 2. The summed E-state index contributed by atoms with van der Waals surface area (Å²) in [6, 6.07) is 16.6. The zero-order valence-corrected chi connectivity index (χ0v) is 17.6. The van der Waals surface area contributed by atoms with Crippen LogP contribution < -0.4 is 27.2 Å². The summed E-state index contributed by atoms with van der Waals surface area (Å²) >= 11 is 0. The molecule has 0 unspecified atom stereocenters. The summed E-state index contributed by atoms with van der Waals surface area (Å²) in [5.41, 5.74) is 10.4. The summed E-state index contributed by atoms with van der Waals surface area (Å²) in [4.78, 5) is 39.9. The molecule has 0 spiro atoms. The van der Waals surface area contributed by atoms with E-state index in [2.05, 4.69) is 20.9 Å². The molecule has 1 heterocycles. The first-order valence-electron chi connectivity index (χ1n) is 10.1. The van der Waals surface area contributed by atoms with Gasteiger partial charge in [-0.15, -0.1) is 0 Å². The van der Waals surface area contributed by atoms with Gasteiger partial charge in [0.2, 0.25) is 5.91 Å². The molecule has 10 nitrogen and oxygen atoms in total. The first-order valence-corrected chi connectivity index (χ1v) is 10.1. The van der Waals surface area contributed by atoms with Crippen LogP contribution in [0.15, 0.2) is 73.1 Å². The number of aromatic nitrogens is 1. The second kappa shape index (κ2) is 11.4. The highest BCUT2D eigenvalue weighted by atomic mass is 16.5. The van der Waals surface area contributed by atoms with Crippen molar-refractivity contribution in [1.29, 1.82) is 0 Å². The number of nitrogens with one attached hydrogen (secondary N) is 4. The van der Waals surface area contributed by atoms with Gasteiger partial charge in [0, 0.05) is 30.2 Å². The number of hydrogen-bond donors (Lipinski definition) is 6. The summed E-state index contributed by atoms with van der Waals surface area (Å²) in [7, 11) is 0. The van der Waals surface area contributed by atoms with Crippen LogP contribution in [0.3, 0.4) is 0 Å². The van der Waals surface area contributed by atoms with Gasteiger partial charge >= 0.3 is 0 Å². The van der Waals surface area contributed by atoms with Gasteiger partial charge < -0.3 is 21.7 Å². The molecular weight excluding hydrogens is 424 g/mol. The lowest BCUT2D eigenvalue weighted by atomic mass is 10.0. The van der Waals surface area contributed by atoms with Crippen LogP contribution in [0.1, 0.15) is 10.4 Å². The van der Waals surface area contributed by atoms with Gasteiger partial charge in [-0.3, -0.25) is 24.6 Å². The monoisotopic (exact) mass is 448 g/mol. The summed E-state index contributed by atoms with van der Waals surface area (Å²) in [5, 5.41) is 17.0. The highest BCUT2D eigenvalue weighted by Crippen LogP contribution is 2.22. The van der Waals surface area contributed by atoms with Gasteiger partial charge in [-0.1, -0.05) is 24.3 Å². The number of pyridine rings is 1. The maximum Gasteiger partial charge on any atom is 0.267 e. The average molecular weight is 448 g/mol. The van der Waals surface area contributed by atoms with Crippen molar-refractivity contribution < 1.29 is 19.6 Å². The fourth-order valence-electron chi connectivity index (χ4n) is 2.97. The molecule has 0 bridgehead atoms. The van der Waals surface area contributed by atoms with Gasteiger partial charge in [-0.25, -0.2) is 5.48 Å². The van der Waals surface area contributed by atoms with E-state index in [0.717, 1.165) is 16.8 Å². The van der Waals surface area contributed by atoms with E-state index >= 15 is 0 Å². The summed E-state index contributed by atoms with van der Waals surface area (Å²) in [6.07, 6.45) is 3.30. The third-order valence-electron chi connectivity index (χ3n) is 4.73. The van der Waals surface area contributed by atoms with Gasteiger partial charge in [0.25, 0.3) is 11.8 Å². The Labute approximate surface area is 190 Å². The maximum atomic E-state index is 12.3. The SMILES string of the molecule is NC[C@H](NC(=O)c1ccc(-c2ccc(NC(=O)CNc3cccnc3)cc2)cc1)C(=O)NO. The number of carbonyl (C=O) groups excluding carboxylic acids is 3. The molecule has 3 rings (SSSR count). The van der Waals surface area contributed by atoms with Crippen molar-refractivity contribution in [3.63, 3.8) is 0 Å². The van der Waals surface area contributed by atoms with Crippen molar-refractivity contribution in [3.8, 4) is 11.1 Å². The number of hydrogen-bond acceptors (Lipinski definition) is 7. The predicted octanol–water partition coefficient (Wildman–Crippen LogP) is 1.36. The normalized spacial score (nSPS) is 11.2. The lowest BCUT2D eigenvalue weighted by molar-refractivity contribution is -0.130. The molecule has 7 N–H and O–H groups in total. The Balaban J connectivity index is 1.56. The Hall–Kier alpha value is -4.28. The quantitative estimate of drug-likeness (QED) is 0.213. The number of nitrogens with zero attached hydrogens (tertiary/aromatic N) is 1. The van der Waals surface area contributed by atoms with Gasteiger partial charge in [0.15, 0.2) is 0 Å². The van der Waals surface area contributed by atoms with Crippen molar-refractivity contribution in [2.24, 2.45) is 5.73 Å². The van der Waals surface area contributed by atoms with Crippen LogP contribution in [0, 0.1) is 0 Å². The second-order valence-corrected chi connectivity index (χ2v) is 7.04. The fourth-order valence-corrected chi connectivity index (χ4v) is 2.97. The van der Waals surface area contributed by atoms with Crippen LogP contribution in [-0.2, 0) is 9.59 Å². The van der Waals surface area contributed by atoms with Crippen molar-refractivity contribution in [2.75, 3.05) is 23.7 Å². The molecule has 0 fully saturated rings. The summed E-state index contributed by atoms with van der Waals surface area (Å²) < 4.78 is 0. The Morgan fingerprint density at radius 2 is 1.61 bits per heavy atom. The number of rotatable bonds is 9. The number of benzene rings is 2. The predicted molar refractivity (Wildman–Crippen MR) is 123 cm³/mol. The molecule has 3 amide bonds. The van der Waals surface area contributed by atoms with E-state index in [-0.39, 0.29) is 19.0 Å². The van der Waals surface area contributed by atoms with Gasteiger partial charge in [-0.05, 0) is 47.5 Å². The average Bonchev–Trinajstić information content (AvgIpc) is 2.86. The Bertz CT molecular complexity index is 1090. The topological polar surface area (TPSA) is 158 Å². The molecular formula is C23H24N6O4. The lowest BCUT2D eigenvalue weighted by Crippen LogP contribution is -2.50. The van der Waals surface area contributed by atoms with E-state index in [1.54, 1.807) is 54.9 Å². The minimum absolute atomic E-state index is 0.113. The van der Waals surface area contributed by atoms with Crippen molar-refractivity contribution in [3.05, 3.63) is 78.6 Å². The van der Waals surface area contributed by atoms with Crippen molar-refractivity contribution >= 4 is 29.1 Å². The van der Waals surface area contributed by atoms with E-state index in [1.165, 1.54) is 5.48 Å². The smallest absolute Gasteiger partial charge is 0.267 e. The molecule has 0 saturated heterocycles. The standard InChI is InChI=1S/C23H24N6O4/c24-12-20(23(32)29-33)28-22(31)17-5-3-15(4-6-17)16-7-9-18(10-8-16)27-21(30)14-26-19-2-1-11-25-13-19/h1-11,13,20,26,33H,12,14,24H2,(H,27,30)(H,28,31)(H,29,32)/t20-/m0/s1. The molecule has 1 atom stereocenters. The summed E-state index contributed by atoms with van der Waals surface area (Å²) in [5.74, 6) is -1.46. The van der Waals surface area contributed by atoms with E-state index in [9.17, 15) is 14.4 Å². The molecule has 2 aromatic carbocycles. The summed E-state index contributed by atoms with van der Waals surface area (Å²) in [6.45, 7) is -0.0411. The van der Waals surface area contributed by atoms with E-state index in [1.807, 2.05) is 18.2 Å². The Morgan fingerprint density at radius 1 is 0.939 bits per heavy atom. The minimum Gasteiger partial charge on any atom is -0.375 e. The third-order valence-corrected chi connectivity index (χ3v) is 4.73. The molecule has 0 aliphatic heterocycles. The van der Waals surface area contributed by atoms with Crippen LogP contribution in [0.25, 0.3) is 11.1 Å². The first kappa shape index (κ1) is 23.4. The molecule has 0 saturated carbocycles. The zero-order chi connectivity index (χ0) is 23.6. The molecule has 0 radical (unpaired) electrons. The molecule has 0 aliphatic rings. The lowest BCUT2D eigenvalue weighted by Gasteiger charge is -2.14. The van der Waals surface area contributed by atoms with Crippen LogP contribution >= 0.6 is 0 Å². The number of carbonyl (C=O) groups is 3. The largest absolute Gasteiger partial charge is 0.375 e. The molecule has 1 aromatic heterocycles. The molecule has 10 heteroatoms. The van der Waals surface area contributed by atoms with Gasteiger partial charge in [-0.2, -0.15) is 0 Å². The zero-order valence-electron chi connectivity index (χ0n) is 17.6.